The minimum absolute atomic E-state index is 0.0453. The fourth-order valence-electron chi connectivity index (χ4n) is 11.5. The van der Waals surface area contributed by atoms with Crippen LogP contribution in [0.5, 0.6) is 11.8 Å². The summed E-state index contributed by atoms with van der Waals surface area (Å²) in [6, 6.07) is 8.73. The van der Waals surface area contributed by atoms with E-state index in [0.717, 1.165) is 71.6 Å². The van der Waals surface area contributed by atoms with Crippen molar-refractivity contribution in [3.63, 3.8) is 0 Å². The second-order valence-corrected chi connectivity index (χ2v) is 21.6. The number of carbonyl (C=O) groups is 3. The Bertz CT molecular complexity index is 2920. The number of ether oxygens (including phenoxy) is 6. The van der Waals surface area contributed by atoms with E-state index in [2.05, 4.69) is 11.0 Å². The number of halogens is 1. The fraction of sp³-hybridized carbons (Fsp3) is 0.556. The molecule has 2 amide bonds. The third-order valence-electron chi connectivity index (χ3n) is 15.1. The standard InChI is InChI=1S/C54H64FN7O9/c1-29(2)47(51(64)66-7)61-25-33-20-31(11-14-37(33)50(61)63)28-69-48-45(44-30(3)41(55)23-42-40(44)24-56-62(42)43-10-8-9-17-68-43)38(32-12-13-32)22-39-46(48)57-52(70-36-15-18-67-19-16-36)58-49(39)59-26-35-21-34(59)27-60(35)53(65)71-54(4,5)6/h11,14,20,22-24,29,32,34-36,43,47H,8-10,12-13,15-19,21,25-28H2,1-7H3/t34-,35-,43?,47-/m0/s1. The average molecular weight is 974 g/mol. The van der Waals surface area contributed by atoms with Gasteiger partial charge in [0.05, 0.1) is 44.1 Å². The van der Waals surface area contributed by atoms with Crippen LogP contribution < -0.4 is 14.4 Å². The van der Waals surface area contributed by atoms with E-state index in [1.807, 2.05) is 69.5 Å². The molecule has 2 aromatic heterocycles. The van der Waals surface area contributed by atoms with E-state index in [9.17, 15) is 14.4 Å². The Morgan fingerprint density at radius 1 is 0.944 bits per heavy atom. The quantitative estimate of drug-likeness (QED) is 0.109. The number of aromatic nitrogens is 4. The molecular weight excluding hydrogens is 910 g/mol. The summed E-state index contributed by atoms with van der Waals surface area (Å²) in [5.41, 5.74) is 5.52. The minimum Gasteiger partial charge on any atom is -0.486 e. The normalized spacial score (nSPS) is 22.0. The molecule has 5 fully saturated rings. The molecule has 0 radical (unpaired) electrons. The number of piperazine rings is 1. The number of rotatable bonds is 12. The SMILES string of the molecule is COC(=O)[C@H](C(C)C)N1Cc2cc(COc3c(-c4c(C)c(F)cc5c4cnn5C4CCCCO4)c(C4CC4)cc4c(N5C[C@@H]6C[C@H]5CN6C(=O)OC(C)(C)C)nc(OC5CCOCC5)nc34)ccc2C1=O. The van der Waals surface area contributed by atoms with Gasteiger partial charge in [-0.05, 0) is 119 Å². The topological polar surface area (TPSA) is 160 Å². The van der Waals surface area contributed by atoms with Gasteiger partial charge in [-0.2, -0.15) is 15.1 Å². The van der Waals surface area contributed by atoms with Gasteiger partial charge < -0.3 is 43.1 Å². The molecule has 71 heavy (non-hydrogen) atoms. The second kappa shape index (κ2) is 18.5. The van der Waals surface area contributed by atoms with E-state index in [4.69, 9.17) is 43.5 Å². The zero-order valence-corrected chi connectivity index (χ0v) is 41.8. The smallest absolute Gasteiger partial charge is 0.410 e. The number of methoxy groups -OCH3 is 1. The predicted molar refractivity (Wildman–Crippen MR) is 262 cm³/mol. The van der Waals surface area contributed by atoms with Gasteiger partial charge in [-0.25, -0.2) is 18.7 Å². The Morgan fingerprint density at radius 3 is 2.44 bits per heavy atom. The highest BCUT2D eigenvalue weighted by molar-refractivity contribution is 6.06. The van der Waals surface area contributed by atoms with Gasteiger partial charge in [-0.1, -0.05) is 19.9 Å². The molecule has 7 heterocycles. The van der Waals surface area contributed by atoms with Crippen molar-refractivity contribution in [1.82, 2.24) is 29.5 Å². The predicted octanol–water partition coefficient (Wildman–Crippen LogP) is 9.16. The molecule has 4 saturated heterocycles. The summed E-state index contributed by atoms with van der Waals surface area (Å²) in [6.45, 7) is 14.3. The van der Waals surface area contributed by atoms with E-state index in [0.29, 0.717) is 85.0 Å². The molecule has 17 heteroatoms. The zero-order chi connectivity index (χ0) is 49.5. The van der Waals surface area contributed by atoms with Crippen LogP contribution in [0.15, 0.2) is 36.5 Å². The summed E-state index contributed by atoms with van der Waals surface area (Å²) in [5.74, 6) is 0.0877. The Hall–Kier alpha value is -6.07. The molecule has 0 spiro atoms. The van der Waals surface area contributed by atoms with Gasteiger partial charge in [0.2, 0.25) is 0 Å². The molecule has 376 valence electrons. The van der Waals surface area contributed by atoms with Crippen molar-refractivity contribution in [3.05, 3.63) is 70.2 Å². The number of hydrogen-bond donors (Lipinski definition) is 0. The second-order valence-electron chi connectivity index (χ2n) is 21.6. The van der Waals surface area contributed by atoms with Crippen LogP contribution in [0.25, 0.3) is 32.9 Å². The average Bonchev–Trinajstić information content (AvgIpc) is 3.60. The third-order valence-corrected chi connectivity index (χ3v) is 15.1. The summed E-state index contributed by atoms with van der Waals surface area (Å²) >= 11 is 0. The molecule has 1 saturated carbocycles. The third kappa shape index (κ3) is 8.80. The lowest BCUT2D eigenvalue weighted by Crippen LogP contribution is -2.50. The zero-order valence-electron chi connectivity index (χ0n) is 41.8. The van der Waals surface area contributed by atoms with Crippen molar-refractivity contribution in [2.45, 2.75) is 148 Å². The van der Waals surface area contributed by atoms with E-state index >= 15 is 4.39 Å². The van der Waals surface area contributed by atoms with Gasteiger partial charge in [0.15, 0.2) is 12.0 Å². The molecule has 4 atom stereocenters. The molecule has 1 aliphatic carbocycles. The van der Waals surface area contributed by atoms with E-state index in [-0.39, 0.29) is 73.2 Å². The van der Waals surface area contributed by atoms with Crippen molar-refractivity contribution in [2.75, 3.05) is 44.9 Å². The molecule has 6 aliphatic rings. The molecule has 16 nitrogen and oxygen atoms in total. The summed E-state index contributed by atoms with van der Waals surface area (Å²) in [5, 5.41) is 6.43. The van der Waals surface area contributed by atoms with Crippen molar-refractivity contribution in [1.29, 1.82) is 0 Å². The molecule has 11 rings (SSSR count). The summed E-state index contributed by atoms with van der Waals surface area (Å²) < 4.78 is 55.5. The summed E-state index contributed by atoms with van der Waals surface area (Å²) in [7, 11) is 1.34. The first-order chi connectivity index (χ1) is 34.1. The number of fused-ring (bicyclic) bond motifs is 5. The molecule has 5 aromatic rings. The van der Waals surface area contributed by atoms with Crippen LogP contribution in [0.4, 0.5) is 15.0 Å². The Balaban J connectivity index is 1.08. The molecule has 2 bridgehead atoms. The van der Waals surface area contributed by atoms with Crippen molar-refractivity contribution >= 4 is 45.6 Å². The van der Waals surface area contributed by atoms with Gasteiger partial charge in [0, 0.05) is 72.6 Å². The lowest BCUT2D eigenvalue weighted by molar-refractivity contribution is -0.147. The molecular formula is C54H64FN7O9. The van der Waals surface area contributed by atoms with Gasteiger partial charge in [-0.15, -0.1) is 0 Å². The number of hydrogen-bond acceptors (Lipinski definition) is 13. The van der Waals surface area contributed by atoms with Crippen LogP contribution in [0, 0.1) is 18.7 Å². The number of carbonyl (C=O) groups excluding carboxylic acids is 3. The lowest BCUT2D eigenvalue weighted by atomic mass is 9.88. The summed E-state index contributed by atoms with van der Waals surface area (Å²) in [6.07, 6.45) is 7.70. The van der Waals surface area contributed by atoms with Gasteiger partial charge >= 0.3 is 18.1 Å². The monoisotopic (exact) mass is 973 g/mol. The Morgan fingerprint density at radius 2 is 1.75 bits per heavy atom. The maximum atomic E-state index is 16.8. The number of nitrogens with zero attached hydrogens (tertiary/aromatic N) is 7. The highest BCUT2D eigenvalue weighted by Crippen LogP contribution is 2.54. The van der Waals surface area contributed by atoms with Gasteiger partial charge in [0.25, 0.3) is 5.91 Å². The van der Waals surface area contributed by atoms with Crippen LogP contribution in [-0.4, -0.2) is 117 Å². The molecule has 1 unspecified atom stereocenters. The van der Waals surface area contributed by atoms with Crippen molar-refractivity contribution in [3.8, 4) is 22.9 Å². The largest absolute Gasteiger partial charge is 0.486 e. The molecule has 5 aliphatic heterocycles. The first-order valence-corrected chi connectivity index (χ1v) is 25.5. The minimum atomic E-state index is -0.739. The van der Waals surface area contributed by atoms with Crippen LogP contribution >= 0.6 is 0 Å². The fourth-order valence-corrected chi connectivity index (χ4v) is 11.5. The number of benzene rings is 3. The highest BCUT2D eigenvalue weighted by atomic mass is 19.1. The van der Waals surface area contributed by atoms with Crippen LogP contribution in [0.1, 0.15) is 131 Å². The molecule has 0 N–H and O–H groups in total. The van der Waals surface area contributed by atoms with Gasteiger partial charge in [-0.3, -0.25) is 4.79 Å². The summed E-state index contributed by atoms with van der Waals surface area (Å²) in [4.78, 5) is 56.5. The first-order valence-electron chi connectivity index (χ1n) is 25.5. The van der Waals surface area contributed by atoms with E-state index in [1.54, 1.807) is 17.0 Å². The number of anilines is 1. The van der Waals surface area contributed by atoms with Crippen LogP contribution in [0.2, 0.25) is 0 Å². The molecule has 3 aromatic carbocycles. The van der Waals surface area contributed by atoms with Crippen LogP contribution in [-0.2, 0) is 36.9 Å². The Labute approximate surface area is 413 Å². The Kier molecular flexibility index (Phi) is 12.3. The maximum absolute atomic E-state index is 16.8. The maximum Gasteiger partial charge on any atom is 0.410 e. The van der Waals surface area contributed by atoms with Crippen molar-refractivity contribution < 1.29 is 47.2 Å². The highest BCUT2D eigenvalue weighted by Gasteiger charge is 2.48. The van der Waals surface area contributed by atoms with E-state index in [1.165, 1.54) is 7.11 Å². The van der Waals surface area contributed by atoms with Crippen molar-refractivity contribution in [2.24, 2.45) is 5.92 Å². The van der Waals surface area contributed by atoms with E-state index < -0.39 is 17.6 Å². The number of esters is 1. The first kappa shape index (κ1) is 47.3. The lowest BCUT2D eigenvalue weighted by Gasteiger charge is -2.36. The van der Waals surface area contributed by atoms with Gasteiger partial charge in [0.1, 0.15) is 41.5 Å². The number of likely N-dealkylation sites (tertiary alicyclic amines) is 1. The van der Waals surface area contributed by atoms with Crippen LogP contribution in [0.3, 0.4) is 0 Å². The number of amides is 2.